The SMILES string of the molecule is CCCn1c2c(c3cc(OC)ccc31)CC(C(=O)NCCN)CC2. The number of benzene rings is 1. The molecule has 2 aromatic rings. The van der Waals surface area contributed by atoms with Gasteiger partial charge >= 0.3 is 0 Å². The van der Waals surface area contributed by atoms with Gasteiger partial charge in [0.2, 0.25) is 5.91 Å². The van der Waals surface area contributed by atoms with Gasteiger partial charge in [0.25, 0.3) is 0 Å². The standard InChI is InChI=1S/C19H27N3O2/c1-3-10-22-17-6-4-13(19(23)21-9-8-20)11-15(17)16-12-14(24-2)5-7-18(16)22/h5,7,12-13H,3-4,6,8-11,20H2,1-2H3,(H,21,23). The van der Waals surface area contributed by atoms with E-state index in [2.05, 4.69) is 28.9 Å². The molecule has 130 valence electrons. The minimum atomic E-state index is 0.0379. The summed E-state index contributed by atoms with van der Waals surface area (Å²) in [6.45, 7) is 4.25. The van der Waals surface area contributed by atoms with Crippen LogP contribution in [-0.4, -0.2) is 30.7 Å². The quantitative estimate of drug-likeness (QED) is 0.854. The highest BCUT2D eigenvalue weighted by Gasteiger charge is 2.29. The number of carbonyl (C=O) groups excluding carboxylic acids is 1. The normalized spacial score (nSPS) is 16.9. The minimum Gasteiger partial charge on any atom is -0.497 e. The van der Waals surface area contributed by atoms with Gasteiger partial charge in [-0.1, -0.05) is 6.92 Å². The fourth-order valence-electron chi connectivity index (χ4n) is 3.80. The van der Waals surface area contributed by atoms with Crippen LogP contribution in [0.15, 0.2) is 18.2 Å². The number of aromatic nitrogens is 1. The molecule has 3 rings (SSSR count). The summed E-state index contributed by atoms with van der Waals surface area (Å²) in [5.74, 6) is 1.04. The van der Waals surface area contributed by atoms with Crippen molar-refractivity contribution in [2.45, 2.75) is 39.2 Å². The van der Waals surface area contributed by atoms with Crippen LogP contribution in [0.3, 0.4) is 0 Å². The van der Waals surface area contributed by atoms with Gasteiger partial charge in [-0.3, -0.25) is 4.79 Å². The zero-order chi connectivity index (χ0) is 17.1. The second-order valence-corrected chi connectivity index (χ2v) is 6.48. The maximum atomic E-state index is 12.4. The smallest absolute Gasteiger partial charge is 0.223 e. The zero-order valence-corrected chi connectivity index (χ0v) is 14.6. The summed E-state index contributed by atoms with van der Waals surface area (Å²) in [6, 6.07) is 6.28. The zero-order valence-electron chi connectivity index (χ0n) is 14.6. The Morgan fingerprint density at radius 3 is 3.00 bits per heavy atom. The van der Waals surface area contributed by atoms with E-state index < -0.39 is 0 Å². The molecule has 0 aliphatic heterocycles. The average Bonchev–Trinajstić information content (AvgIpc) is 2.92. The van der Waals surface area contributed by atoms with E-state index in [-0.39, 0.29) is 11.8 Å². The van der Waals surface area contributed by atoms with Gasteiger partial charge in [0.1, 0.15) is 5.75 Å². The number of nitrogens with one attached hydrogen (secondary N) is 1. The first-order valence-corrected chi connectivity index (χ1v) is 8.85. The third-order valence-corrected chi connectivity index (χ3v) is 4.94. The van der Waals surface area contributed by atoms with Crippen LogP contribution in [0.25, 0.3) is 10.9 Å². The molecule has 0 saturated heterocycles. The molecule has 1 amide bonds. The van der Waals surface area contributed by atoms with E-state index in [0.717, 1.165) is 38.0 Å². The first-order chi connectivity index (χ1) is 11.7. The lowest BCUT2D eigenvalue weighted by molar-refractivity contribution is -0.125. The van der Waals surface area contributed by atoms with Gasteiger partial charge in [0.05, 0.1) is 7.11 Å². The lowest BCUT2D eigenvalue weighted by atomic mass is 9.85. The molecule has 24 heavy (non-hydrogen) atoms. The topological polar surface area (TPSA) is 69.3 Å². The van der Waals surface area contributed by atoms with E-state index in [4.69, 9.17) is 10.5 Å². The van der Waals surface area contributed by atoms with Crippen LogP contribution in [0.2, 0.25) is 0 Å². The molecule has 0 radical (unpaired) electrons. The van der Waals surface area contributed by atoms with Gasteiger partial charge in [-0.25, -0.2) is 0 Å². The number of amides is 1. The van der Waals surface area contributed by atoms with Crippen molar-refractivity contribution in [1.82, 2.24) is 9.88 Å². The third kappa shape index (κ3) is 3.00. The van der Waals surface area contributed by atoms with Gasteiger partial charge in [-0.05, 0) is 49.4 Å². The Morgan fingerprint density at radius 2 is 2.29 bits per heavy atom. The average molecular weight is 329 g/mol. The lowest BCUT2D eigenvalue weighted by Gasteiger charge is -2.23. The molecule has 1 aromatic carbocycles. The predicted molar refractivity (Wildman–Crippen MR) is 96.4 cm³/mol. The number of nitrogens with zero attached hydrogens (tertiary/aromatic N) is 1. The van der Waals surface area contributed by atoms with E-state index >= 15 is 0 Å². The van der Waals surface area contributed by atoms with Crippen molar-refractivity contribution in [2.24, 2.45) is 11.7 Å². The van der Waals surface area contributed by atoms with Crippen molar-refractivity contribution < 1.29 is 9.53 Å². The summed E-state index contributed by atoms with van der Waals surface area (Å²) in [4.78, 5) is 12.4. The van der Waals surface area contributed by atoms with Crippen LogP contribution >= 0.6 is 0 Å². The van der Waals surface area contributed by atoms with Crippen molar-refractivity contribution in [3.8, 4) is 5.75 Å². The van der Waals surface area contributed by atoms with Crippen LogP contribution in [0.5, 0.6) is 5.75 Å². The van der Waals surface area contributed by atoms with E-state index in [1.807, 2.05) is 6.07 Å². The maximum absolute atomic E-state index is 12.4. The first kappa shape index (κ1) is 16.8. The fraction of sp³-hybridized carbons (Fsp3) is 0.526. The summed E-state index contributed by atoms with van der Waals surface area (Å²) in [5, 5.41) is 4.17. The van der Waals surface area contributed by atoms with E-state index in [0.29, 0.717) is 13.1 Å². The van der Waals surface area contributed by atoms with Crippen LogP contribution in [-0.2, 0) is 24.2 Å². The lowest BCUT2D eigenvalue weighted by Crippen LogP contribution is -2.36. The van der Waals surface area contributed by atoms with Gasteiger partial charge < -0.3 is 20.4 Å². The third-order valence-electron chi connectivity index (χ3n) is 4.94. The molecule has 5 heteroatoms. The van der Waals surface area contributed by atoms with Gasteiger partial charge in [-0.2, -0.15) is 0 Å². The molecular weight excluding hydrogens is 302 g/mol. The van der Waals surface area contributed by atoms with Crippen LogP contribution in [0.1, 0.15) is 31.0 Å². The maximum Gasteiger partial charge on any atom is 0.223 e. The Labute approximate surface area is 143 Å². The van der Waals surface area contributed by atoms with Crippen molar-refractivity contribution in [2.75, 3.05) is 20.2 Å². The Kier molecular flexibility index (Phi) is 5.09. The molecule has 0 bridgehead atoms. The van der Waals surface area contributed by atoms with E-state index in [9.17, 15) is 4.79 Å². The second-order valence-electron chi connectivity index (χ2n) is 6.48. The van der Waals surface area contributed by atoms with Gasteiger partial charge in [0.15, 0.2) is 0 Å². The van der Waals surface area contributed by atoms with Gasteiger partial charge in [-0.15, -0.1) is 0 Å². The highest BCUT2D eigenvalue weighted by atomic mass is 16.5. The second kappa shape index (κ2) is 7.26. The minimum absolute atomic E-state index is 0.0379. The Morgan fingerprint density at radius 1 is 1.46 bits per heavy atom. The van der Waals surface area contributed by atoms with Gasteiger partial charge in [0, 0.05) is 42.1 Å². The first-order valence-electron chi connectivity index (χ1n) is 8.85. The monoisotopic (exact) mass is 329 g/mol. The number of hydrogen-bond donors (Lipinski definition) is 2. The van der Waals surface area contributed by atoms with Crippen molar-refractivity contribution in [1.29, 1.82) is 0 Å². The molecule has 0 spiro atoms. The van der Waals surface area contributed by atoms with Crippen molar-refractivity contribution >= 4 is 16.8 Å². The highest BCUT2D eigenvalue weighted by molar-refractivity contribution is 5.89. The number of methoxy groups -OCH3 is 1. The number of aryl methyl sites for hydroxylation is 1. The molecule has 0 saturated carbocycles. The Balaban J connectivity index is 1.99. The van der Waals surface area contributed by atoms with Crippen LogP contribution in [0.4, 0.5) is 0 Å². The molecule has 0 fully saturated rings. The summed E-state index contributed by atoms with van der Waals surface area (Å²) < 4.78 is 7.84. The molecule has 1 aromatic heterocycles. The Hall–Kier alpha value is -2.01. The van der Waals surface area contributed by atoms with Crippen molar-refractivity contribution in [3.05, 3.63) is 29.5 Å². The number of ether oxygens (including phenoxy) is 1. The number of rotatable bonds is 6. The van der Waals surface area contributed by atoms with Crippen LogP contribution in [0, 0.1) is 5.92 Å². The fourth-order valence-corrected chi connectivity index (χ4v) is 3.80. The molecule has 1 heterocycles. The molecule has 5 nitrogen and oxygen atoms in total. The van der Waals surface area contributed by atoms with Crippen molar-refractivity contribution in [3.63, 3.8) is 0 Å². The summed E-state index contributed by atoms with van der Waals surface area (Å²) in [6.07, 6.45) is 3.75. The number of hydrogen-bond acceptors (Lipinski definition) is 3. The predicted octanol–water partition coefficient (Wildman–Crippen LogP) is 2.24. The summed E-state index contributed by atoms with van der Waals surface area (Å²) in [5.41, 5.74) is 9.46. The molecular formula is C19H27N3O2. The Bertz CT molecular complexity index is 736. The molecule has 1 aliphatic carbocycles. The largest absolute Gasteiger partial charge is 0.497 e. The molecule has 1 unspecified atom stereocenters. The number of nitrogens with two attached hydrogens (primary N) is 1. The van der Waals surface area contributed by atoms with E-state index in [1.54, 1.807) is 7.11 Å². The highest BCUT2D eigenvalue weighted by Crippen LogP contribution is 2.36. The molecule has 1 aliphatic rings. The molecule has 3 N–H and O–H groups in total. The molecule has 1 atom stereocenters. The number of carbonyl (C=O) groups is 1. The van der Waals surface area contributed by atoms with E-state index in [1.165, 1.54) is 22.2 Å². The summed E-state index contributed by atoms with van der Waals surface area (Å²) in [7, 11) is 1.69. The number of fused-ring (bicyclic) bond motifs is 3. The summed E-state index contributed by atoms with van der Waals surface area (Å²) >= 11 is 0. The van der Waals surface area contributed by atoms with Crippen LogP contribution < -0.4 is 15.8 Å².